The molecule has 0 spiro atoms. The molecule has 0 bridgehead atoms. The minimum absolute atomic E-state index is 0.00466. The maximum atomic E-state index is 12.7. The van der Waals surface area contributed by atoms with E-state index in [-0.39, 0.29) is 6.54 Å². The first kappa shape index (κ1) is 19.8. The van der Waals surface area contributed by atoms with Crippen LogP contribution in [0.4, 0.5) is 13.2 Å². The van der Waals surface area contributed by atoms with E-state index >= 15 is 0 Å². The average Bonchev–Trinajstić information content (AvgIpc) is 3.07. The minimum Gasteiger partial charge on any atom is -0.348 e. The Balaban J connectivity index is 1.61. The first-order valence-corrected chi connectivity index (χ1v) is 9.37. The number of nitrogens with zero attached hydrogens (tertiary/aromatic N) is 3. The number of carbonyl (C=O) groups excluding carboxylic acids is 1. The van der Waals surface area contributed by atoms with Crippen LogP contribution in [-0.4, -0.2) is 35.5 Å². The zero-order valence-electron chi connectivity index (χ0n) is 14.1. The second kappa shape index (κ2) is 7.56. The van der Waals surface area contributed by atoms with Crippen molar-refractivity contribution < 1.29 is 26.4 Å². The third-order valence-electron chi connectivity index (χ3n) is 3.72. The number of sulfonamides is 1. The van der Waals surface area contributed by atoms with Gasteiger partial charge in [0.25, 0.3) is 0 Å². The van der Waals surface area contributed by atoms with E-state index in [2.05, 4.69) is 15.5 Å². The van der Waals surface area contributed by atoms with Gasteiger partial charge in [-0.2, -0.15) is 13.2 Å². The van der Waals surface area contributed by atoms with Gasteiger partial charge in [0.05, 0.1) is 23.5 Å². The van der Waals surface area contributed by atoms with Gasteiger partial charge in [-0.05, 0) is 30.3 Å². The Morgan fingerprint density at radius 2 is 1.89 bits per heavy atom. The number of fused-ring (bicyclic) bond motifs is 1. The summed E-state index contributed by atoms with van der Waals surface area (Å²) in [5.41, 5.74) is -0.518. The van der Waals surface area contributed by atoms with Gasteiger partial charge in [-0.15, -0.1) is 10.2 Å². The van der Waals surface area contributed by atoms with Gasteiger partial charge >= 0.3 is 6.18 Å². The highest BCUT2D eigenvalue weighted by Gasteiger charge is 2.31. The summed E-state index contributed by atoms with van der Waals surface area (Å²) in [4.78, 5) is 11.3. The molecule has 0 radical (unpaired) electrons. The summed E-state index contributed by atoms with van der Waals surface area (Å²) in [6, 6.07) is 8.50. The predicted octanol–water partition coefficient (Wildman–Crippen LogP) is 1.34. The maximum Gasteiger partial charge on any atom is 0.416 e. The molecule has 0 aliphatic heterocycles. The lowest BCUT2D eigenvalue weighted by Crippen LogP contribution is -2.37. The first-order valence-electron chi connectivity index (χ1n) is 7.89. The van der Waals surface area contributed by atoms with E-state index in [9.17, 15) is 26.4 Å². The van der Waals surface area contributed by atoms with Crippen molar-refractivity contribution in [1.29, 1.82) is 0 Å². The number of hydrogen-bond acceptors (Lipinski definition) is 5. The number of benzene rings is 1. The number of hydrogen-bond donors (Lipinski definition) is 2. The fraction of sp³-hybridized carbons (Fsp3) is 0.188. The normalized spacial score (nSPS) is 12.2. The third kappa shape index (κ3) is 4.46. The Hall–Kier alpha value is -2.99. The summed E-state index contributed by atoms with van der Waals surface area (Å²) in [5.74, 6) is -0.243. The van der Waals surface area contributed by atoms with Crippen LogP contribution in [0.2, 0.25) is 0 Å². The lowest BCUT2D eigenvalue weighted by atomic mass is 10.2. The standard InChI is InChI=1S/C16H14F3N5O3S/c17-16(18,19)11-4-3-5-12(8-11)28(26,27)21-10-15(25)20-9-14-23-22-13-6-1-2-7-24(13)14/h1-8,21H,9-10H2,(H,20,25). The minimum atomic E-state index is -4.68. The smallest absolute Gasteiger partial charge is 0.348 e. The number of carbonyl (C=O) groups is 1. The molecule has 28 heavy (non-hydrogen) atoms. The average molecular weight is 413 g/mol. The van der Waals surface area contributed by atoms with Crippen LogP contribution in [0.1, 0.15) is 11.4 Å². The Kier molecular flexibility index (Phi) is 5.34. The van der Waals surface area contributed by atoms with Crippen molar-refractivity contribution in [2.45, 2.75) is 17.6 Å². The second-order valence-electron chi connectivity index (χ2n) is 5.67. The van der Waals surface area contributed by atoms with Crippen LogP contribution in [0.3, 0.4) is 0 Å². The fourth-order valence-electron chi connectivity index (χ4n) is 2.34. The third-order valence-corrected chi connectivity index (χ3v) is 5.12. The number of nitrogens with one attached hydrogen (secondary N) is 2. The van der Waals surface area contributed by atoms with Gasteiger partial charge in [-0.25, -0.2) is 13.1 Å². The Morgan fingerprint density at radius 3 is 2.64 bits per heavy atom. The van der Waals surface area contributed by atoms with Crippen LogP contribution in [0.15, 0.2) is 53.6 Å². The Morgan fingerprint density at radius 1 is 1.11 bits per heavy atom. The van der Waals surface area contributed by atoms with Gasteiger partial charge in [0.2, 0.25) is 15.9 Å². The number of halogens is 3. The molecule has 0 unspecified atom stereocenters. The Bertz CT molecular complexity index is 1110. The highest BCUT2D eigenvalue weighted by Crippen LogP contribution is 2.30. The number of amides is 1. The number of rotatable bonds is 6. The molecule has 3 rings (SSSR count). The molecule has 1 aromatic carbocycles. The summed E-state index contributed by atoms with van der Waals surface area (Å²) in [7, 11) is -4.29. The molecule has 12 heteroatoms. The SMILES string of the molecule is O=C(CNS(=O)(=O)c1cccc(C(F)(F)F)c1)NCc1nnc2ccccn12. The van der Waals surface area contributed by atoms with Crippen molar-refractivity contribution >= 4 is 21.6 Å². The van der Waals surface area contributed by atoms with Crippen molar-refractivity contribution in [3.8, 4) is 0 Å². The zero-order chi connectivity index (χ0) is 20.4. The predicted molar refractivity (Wildman–Crippen MR) is 91.5 cm³/mol. The highest BCUT2D eigenvalue weighted by molar-refractivity contribution is 7.89. The fourth-order valence-corrected chi connectivity index (χ4v) is 3.36. The van der Waals surface area contributed by atoms with Crippen LogP contribution < -0.4 is 10.0 Å². The molecule has 0 saturated carbocycles. The van der Waals surface area contributed by atoms with E-state index in [1.807, 2.05) is 4.72 Å². The molecule has 0 aliphatic carbocycles. The summed E-state index contributed by atoms with van der Waals surface area (Å²) < 4.78 is 66.1. The topological polar surface area (TPSA) is 105 Å². The summed E-state index contributed by atoms with van der Waals surface area (Å²) >= 11 is 0. The monoisotopic (exact) mass is 413 g/mol. The molecular weight excluding hydrogens is 399 g/mol. The highest BCUT2D eigenvalue weighted by atomic mass is 32.2. The molecular formula is C16H14F3N5O3S. The van der Waals surface area contributed by atoms with E-state index in [0.29, 0.717) is 17.5 Å². The maximum absolute atomic E-state index is 12.7. The lowest BCUT2D eigenvalue weighted by Gasteiger charge is -2.10. The van der Waals surface area contributed by atoms with Crippen LogP contribution >= 0.6 is 0 Å². The van der Waals surface area contributed by atoms with E-state index in [1.54, 1.807) is 28.8 Å². The molecule has 0 aliphatic rings. The molecule has 8 nitrogen and oxygen atoms in total. The number of alkyl halides is 3. The molecule has 2 aromatic heterocycles. The molecule has 3 aromatic rings. The number of pyridine rings is 1. The lowest BCUT2D eigenvalue weighted by molar-refractivity contribution is -0.137. The zero-order valence-corrected chi connectivity index (χ0v) is 15.0. The van der Waals surface area contributed by atoms with Gasteiger partial charge < -0.3 is 5.32 Å². The van der Waals surface area contributed by atoms with Gasteiger partial charge in [0, 0.05) is 6.20 Å². The van der Waals surface area contributed by atoms with Gasteiger partial charge in [0.1, 0.15) is 0 Å². The Labute approximate surface area is 157 Å². The summed E-state index contributed by atoms with van der Waals surface area (Å²) in [6.07, 6.45) is -2.98. The summed E-state index contributed by atoms with van der Waals surface area (Å²) in [6.45, 7) is -0.648. The van der Waals surface area contributed by atoms with Gasteiger partial charge in [-0.1, -0.05) is 12.1 Å². The van der Waals surface area contributed by atoms with Crippen molar-refractivity contribution in [3.05, 3.63) is 60.0 Å². The van der Waals surface area contributed by atoms with Crippen LogP contribution in [0.25, 0.3) is 5.65 Å². The van der Waals surface area contributed by atoms with Gasteiger partial charge in [-0.3, -0.25) is 9.20 Å². The van der Waals surface area contributed by atoms with Crippen LogP contribution in [-0.2, 0) is 27.5 Å². The van der Waals surface area contributed by atoms with Crippen molar-refractivity contribution in [3.63, 3.8) is 0 Å². The molecule has 0 saturated heterocycles. The molecule has 2 heterocycles. The van der Waals surface area contributed by atoms with E-state index in [4.69, 9.17) is 0 Å². The second-order valence-corrected chi connectivity index (χ2v) is 7.44. The molecule has 1 amide bonds. The molecule has 2 N–H and O–H groups in total. The molecule has 0 fully saturated rings. The van der Waals surface area contributed by atoms with Crippen molar-refractivity contribution in [2.75, 3.05) is 6.54 Å². The van der Waals surface area contributed by atoms with Gasteiger partial charge in [0.15, 0.2) is 11.5 Å². The van der Waals surface area contributed by atoms with Crippen molar-refractivity contribution in [1.82, 2.24) is 24.6 Å². The molecule has 148 valence electrons. The first-order chi connectivity index (χ1) is 13.2. The van der Waals surface area contributed by atoms with E-state index < -0.39 is 39.1 Å². The van der Waals surface area contributed by atoms with E-state index in [1.165, 1.54) is 0 Å². The van der Waals surface area contributed by atoms with Crippen LogP contribution in [0.5, 0.6) is 0 Å². The molecule has 0 atom stereocenters. The summed E-state index contributed by atoms with van der Waals surface area (Å²) in [5, 5.41) is 10.3. The van der Waals surface area contributed by atoms with Crippen molar-refractivity contribution in [2.24, 2.45) is 0 Å². The quantitative estimate of drug-likeness (QED) is 0.635. The van der Waals surface area contributed by atoms with Crippen LogP contribution in [0, 0.1) is 0 Å². The largest absolute Gasteiger partial charge is 0.416 e. The number of aromatic nitrogens is 3. The van der Waals surface area contributed by atoms with E-state index in [0.717, 1.165) is 18.2 Å².